The number of carbonyl (C=O) groups is 1. The average molecular weight is 407 g/mol. The van der Waals surface area contributed by atoms with Gasteiger partial charge in [0.25, 0.3) is 5.91 Å². The van der Waals surface area contributed by atoms with Crippen LogP contribution in [0.15, 0.2) is 29.5 Å². The third-order valence-electron chi connectivity index (χ3n) is 4.61. The fourth-order valence-electron chi connectivity index (χ4n) is 3.40. The van der Waals surface area contributed by atoms with Crippen molar-refractivity contribution in [3.8, 4) is 0 Å². The monoisotopic (exact) mass is 406 g/mol. The van der Waals surface area contributed by atoms with Crippen LogP contribution in [0.25, 0.3) is 5.43 Å². The lowest BCUT2D eigenvalue weighted by Gasteiger charge is -2.39. The van der Waals surface area contributed by atoms with Gasteiger partial charge in [-0.3, -0.25) is 4.79 Å². The molecule has 0 aromatic heterocycles. The Balaban J connectivity index is 1.94. The summed E-state index contributed by atoms with van der Waals surface area (Å²) in [5, 5.41) is 3.01. The van der Waals surface area contributed by atoms with E-state index in [0.717, 1.165) is 4.90 Å². The predicted molar refractivity (Wildman–Crippen MR) is 89.5 cm³/mol. The van der Waals surface area contributed by atoms with Crippen LogP contribution in [0.5, 0.6) is 0 Å². The summed E-state index contributed by atoms with van der Waals surface area (Å²) in [7, 11) is 0. The first-order valence-electron chi connectivity index (χ1n) is 7.90. The van der Waals surface area contributed by atoms with Gasteiger partial charge in [0.2, 0.25) is 0 Å². The SMILES string of the molecule is CC1(C)CN(C(=O)c2cc(F)c(F)cc2Cl)C=C[C@@H]2[N-]N=C(C(F)(F)F)C21. The molecule has 4 nitrogen and oxygen atoms in total. The maximum atomic E-state index is 13.5. The summed E-state index contributed by atoms with van der Waals surface area (Å²) in [6.45, 7) is 3.00. The minimum absolute atomic E-state index is 0.122. The van der Waals surface area contributed by atoms with Gasteiger partial charge in [0.1, 0.15) is 5.71 Å². The molecule has 2 aliphatic rings. The molecule has 1 aromatic rings. The van der Waals surface area contributed by atoms with Gasteiger partial charge >= 0.3 is 6.18 Å². The highest BCUT2D eigenvalue weighted by molar-refractivity contribution is 6.33. The van der Waals surface area contributed by atoms with Crippen LogP contribution in [0.2, 0.25) is 5.02 Å². The van der Waals surface area contributed by atoms with Gasteiger partial charge in [-0.2, -0.15) is 13.2 Å². The number of fused-ring (bicyclic) bond motifs is 1. The molecular formula is C17H14ClF5N3O-. The summed E-state index contributed by atoms with van der Waals surface area (Å²) in [5.41, 5.74) is 1.34. The minimum atomic E-state index is -4.64. The van der Waals surface area contributed by atoms with Crippen LogP contribution in [0.3, 0.4) is 0 Å². The van der Waals surface area contributed by atoms with Crippen molar-refractivity contribution in [2.24, 2.45) is 16.4 Å². The zero-order valence-corrected chi connectivity index (χ0v) is 14.9. The molecular weight excluding hydrogens is 393 g/mol. The first-order chi connectivity index (χ1) is 12.4. The molecule has 1 aromatic carbocycles. The Hall–Kier alpha value is -2.16. The summed E-state index contributed by atoms with van der Waals surface area (Å²) in [4.78, 5) is 13.9. The molecule has 0 aliphatic carbocycles. The van der Waals surface area contributed by atoms with E-state index in [2.05, 4.69) is 10.5 Å². The molecule has 10 heteroatoms. The van der Waals surface area contributed by atoms with E-state index in [-0.39, 0.29) is 17.1 Å². The third kappa shape index (κ3) is 3.52. The molecule has 2 heterocycles. The van der Waals surface area contributed by atoms with Crippen molar-refractivity contribution in [2.45, 2.75) is 26.1 Å². The lowest BCUT2D eigenvalue weighted by molar-refractivity contribution is -0.0651. The first-order valence-corrected chi connectivity index (χ1v) is 8.28. The van der Waals surface area contributed by atoms with Gasteiger partial charge in [-0.05, 0) is 17.5 Å². The summed E-state index contributed by atoms with van der Waals surface area (Å²) in [6.07, 6.45) is -2.02. The normalized spacial score (nSPS) is 24.1. The number of hydrogen-bond donors (Lipinski definition) is 0. The number of carbonyl (C=O) groups excluding carboxylic acids is 1. The van der Waals surface area contributed by atoms with E-state index in [1.165, 1.54) is 12.3 Å². The number of benzene rings is 1. The number of rotatable bonds is 1. The van der Waals surface area contributed by atoms with Crippen molar-refractivity contribution in [2.75, 3.05) is 6.54 Å². The Labute approximate surface area is 156 Å². The van der Waals surface area contributed by atoms with E-state index in [1.54, 1.807) is 13.8 Å². The van der Waals surface area contributed by atoms with Crippen LogP contribution in [-0.4, -0.2) is 35.3 Å². The van der Waals surface area contributed by atoms with Gasteiger partial charge in [0.05, 0.1) is 10.6 Å². The highest BCUT2D eigenvalue weighted by Crippen LogP contribution is 2.45. The molecule has 0 saturated heterocycles. The number of halogens is 6. The second kappa shape index (κ2) is 6.47. The molecule has 0 bridgehead atoms. The van der Waals surface area contributed by atoms with Crippen molar-refractivity contribution in [1.82, 2.24) is 4.90 Å². The number of amides is 1. The molecule has 0 spiro atoms. The van der Waals surface area contributed by atoms with Crippen LogP contribution in [-0.2, 0) is 0 Å². The quantitative estimate of drug-likeness (QED) is 0.483. The lowest BCUT2D eigenvalue weighted by atomic mass is 9.72. The third-order valence-corrected chi connectivity index (χ3v) is 4.92. The molecule has 1 amide bonds. The minimum Gasteiger partial charge on any atom is -0.595 e. The maximum Gasteiger partial charge on any atom is 0.428 e. The Bertz CT molecular complexity index is 850. The van der Waals surface area contributed by atoms with Crippen LogP contribution in [0.4, 0.5) is 22.0 Å². The van der Waals surface area contributed by atoms with Crippen molar-refractivity contribution >= 4 is 23.2 Å². The molecule has 146 valence electrons. The molecule has 1 unspecified atom stereocenters. The smallest absolute Gasteiger partial charge is 0.428 e. The number of hydrogen-bond acceptors (Lipinski definition) is 2. The van der Waals surface area contributed by atoms with Crippen molar-refractivity contribution < 1.29 is 26.7 Å². The van der Waals surface area contributed by atoms with Gasteiger partial charge in [0, 0.05) is 18.7 Å². The van der Waals surface area contributed by atoms with Gasteiger partial charge < -0.3 is 15.4 Å². The second-order valence-electron chi connectivity index (χ2n) is 7.08. The largest absolute Gasteiger partial charge is 0.595 e. The Morgan fingerprint density at radius 3 is 2.56 bits per heavy atom. The fourth-order valence-corrected chi connectivity index (χ4v) is 3.63. The van der Waals surface area contributed by atoms with Crippen LogP contribution >= 0.6 is 11.6 Å². The first kappa shape index (κ1) is 19.6. The van der Waals surface area contributed by atoms with Crippen LogP contribution < -0.4 is 0 Å². The fraction of sp³-hybridized carbons (Fsp3) is 0.412. The van der Waals surface area contributed by atoms with E-state index < -0.39 is 46.8 Å². The Morgan fingerprint density at radius 2 is 1.93 bits per heavy atom. The summed E-state index contributed by atoms with van der Waals surface area (Å²) in [6, 6.07) is 0.462. The van der Waals surface area contributed by atoms with E-state index in [9.17, 15) is 26.7 Å². The number of nitrogens with zero attached hydrogens (tertiary/aromatic N) is 3. The molecule has 3 rings (SSSR count). The summed E-state index contributed by atoms with van der Waals surface area (Å²) < 4.78 is 66.6. The zero-order valence-electron chi connectivity index (χ0n) is 14.2. The molecule has 2 aliphatic heterocycles. The predicted octanol–water partition coefficient (Wildman–Crippen LogP) is 4.90. The molecule has 2 atom stereocenters. The molecule has 0 fully saturated rings. The van der Waals surface area contributed by atoms with Crippen molar-refractivity contribution in [1.29, 1.82) is 0 Å². The highest BCUT2D eigenvalue weighted by Gasteiger charge is 2.49. The van der Waals surface area contributed by atoms with Crippen LogP contribution in [0, 0.1) is 23.0 Å². The van der Waals surface area contributed by atoms with Gasteiger partial charge in [-0.15, -0.1) is 0 Å². The van der Waals surface area contributed by atoms with Gasteiger partial charge in [-0.25, -0.2) is 8.78 Å². The van der Waals surface area contributed by atoms with Crippen molar-refractivity contribution in [3.05, 3.63) is 52.1 Å². The summed E-state index contributed by atoms with van der Waals surface area (Å²) >= 11 is 5.84. The summed E-state index contributed by atoms with van der Waals surface area (Å²) in [5.74, 6) is -4.29. The van der Waals surface area contributed by atoms with Crippen LogP contribution in [0.1, 0.15) is 24.2 Å². The Kier molecular flexibility index (Phi) is 4.70. The lowest BCUT2D eigenvalue weighted by Crippen LogP contribution is -2.45. The van der Waals surface area contributed by atoms with Gasteiger partial charge in [0.15, 0.2) is 11.6 Å². The molecule has 0 radical (unpaired) electrons. The van der Waals surface area contributed by atoms with E-state index in [4.69, 9.17) is 11.6 Å². The van der Waals surface area contributed by atoms with Crippen molar-refractivity contribution in [3.63, 3.8) is 0 Å². The topological polar surface area (TPSA) is 46.8 Å². The van der Waals surface area contributed by atoms with Gasteiger partial charge in [-0.1, -0.05) is 37.6 Å². The van der Waals surface area contributed by atoms with E-state index in [0.29, 0.717) is 12.1 Å². The standard InChI is InChI=1S/C17H14ClF5N3O/c1-16(2)7-26(15(27)8-5-10(19)11(20)6-9(8)18)4-3-12-13(16)14(25-24-12)17(21,22)23/h3-6,12-13H,7H2,1-2H3/q-1/t12-,13?/m0/s1. The second-order valence-corrected chi connectivity index (χ2v) is 7.48. The molecule has 0 saturated carbocycles. The molecule has 0 N–H and O–H groups in total. The maximum absolute atomic E-state index is 13.5. The molecule has 27 heavy (non-hydrogen) atoms. The van der Waals surface area contributed by atoms with E-state index >= 15 is 0 Å². The van der Waals surface area contributed by atoms with E-state index in [1.807, 2.05) is 0 Å². The Morgan fingerprint density at radius 1 is 1.30 bits per heavy atom. The number of alkyl halides is 3. The zero-order chi connectivity index (χ0) is 20.1. The highest BCUT2D eigenvalue weighted by atomic mass is 35.5. The average Bonchev–Trinajstić information content (AvgIpc) is 2.94.